The average molecular weight is 280 g/mol. The van der Waals surface area contributed by atoms with Crippen LogP contribution in [-0.4, -0.2) is 24.4 Å². The third-order valence-corrected chi connectivity index (χ3v) is 3.16. The second kappa shape index (κ2) is 6.90. The number of halogens is 1. The maximum Gasteiger partial charge on any atom is 0.329 e. The predicted octanol–water partition coefficient (Wildman–Crippen LogP) is 2.84. The van der Waals surface area contributed by atoms with Crippen LogP contribution in [0.2, 0.25) is 0 Å². The van der Waals surface area contributed by atoms with Crippen molar-refractivity contribution in [3.63, 3.8) is 0 Å². The molecule has 0 spiro atoms. The lowest BCUT2D eigenvalue weighted by Crippen LogP contribution is -2.21. The van der Waals surface area contributed by atoms with Gasteiger partial charge in [0.2, 0.25) is 0 Å². The Balaban J connectivity index is 3.18. The first kappa shape index (κ1) is 15.2. The van der Waals surface area contributed by atoms with E-state index in [4.69, 9.17) is 5.26 Å². The van der Waals surface area contributed by atoms with Crippen LogP contribution in [0.1, 0.15) is 5.56 Å². The minimum atomic E-state index is -1.07. The fraction of sp³-hybridized carbons (Fsp3) is 0.308. The fourth-order valence-corrected chi connectivity index (χ4v) is 1.99. The van der Waals surface area contributed by atoms with Crippen LogP contribution in [-0.2, 0) is 9.53 Å². The van der Waals surface area contributed by atoms with E-state index in [0.29, 0.717) is 16.3 Å². The van der Waals surface area contributed by atoms with E-state index < -0.39 is 11.9 Å². The van der Waals surface area contributed by atoms with Gasteiger partial charge in [-0.2, -0.15) is 5.26 Å². The van der Waals surface area contributed by atoms with Gasteiger partial charge in [-0.3, -0.25) is 4.79 Å². The number of methoxy groups -OCH3 is 1. The smallest absolute Gasteiger partial charge is 0.329 e. The van der Waals surface area contributed by atoms with E-state index in [2.05, 4.69) is 9.73 Å². The number of nitriles is 1. The van der Waals surface area contributed by atoms with Crippen LogP contribution in [0.3, 0.4) is 0 Å². The molecule has 0 saturated heterocycles. The number of carbonyl (C=O) groups is 1. The van der Waals surface area contributed by atoms with Crippen LogP contribution in [0.5, 0.6) is 0 Å². The maximum atomic E-state index is 13.0. The Morgan fingerprint density at radius 3 is 2.74 bits per heavy atom. The normalized spacial score (nSPS) is 12.7. The van der Waals surface area contributed by atoms with Crippen LogP contribution in [0.25, 0.3) is 0 Å². The van der Waals surface area contributed by atoms with E-state index in [-0.39, 0.29) is 5.82 Å². The Kier molecular flexibility index (Phi) is 5.52. The monoisotopic (exact) mass is 280 g/mol. The van der Waals surface area contributed by atoms with Gasteiger partial charge in [0, 0.05) is 0 Å². The lowest BCUT2D eigenvalue weighted by atomic mass is 10.1. The largest absolute Gasteiger partial charge is 0.468 e. The average Bonchev–Trinajstić information content (AvgIpc) is 2.40. The van der Waals surface area contributed by atoms with Gasteiger partial charge in [-0.25, -0.2) is 9.38 Å². The van der Waals surface area contributed by atoms with Crippen molar-refractivity contribution in [3.05, 3.63) is 29.6 Å². The van der Waals surface area contributed by atoms with Gasteiger partial charge in [0.1, 0.15) is 10.9 Å². The molecule has 6 heteroatoms. The predicted molar refractivity (Wildman–Crippen MR) is 72.9 cm³/mol. The second-order valence-corrected chi connectivity index (χ2v) is 4.50. The summed E-state index contributed by atoms with van der Waals surface area (Å²) in [5.41, 5.74) is 1.16. The number of aryl methyl sites for hydroxylation is 1. The van der Waals surface area contributed by atoms with Crippen LogP contribution in [0.15, 0.2) is 23.2 Å². The summed E-state index contributed by atoms with van der Waals surface area (Å²) in [7, 11) is 1.22. The standard InChI is InChI=1S/C13H13FN2O2S/c1-8-6-9(14)4-5-11(8)16-12(19-3)10(7-15)13(17)18-2/h4-6,10H,1-3H3. The molecule has 0 N–H and O–H groups in total. The Hall–Kier alpha value is -1.87. The van der Waals surface area contributed by atoms with Crippen LogP contribution >= 0.6 is 11.8 Å². The first-order valence-corrected chi connectivity index (χ1v) is 6.62. The van der Waals surface area contributed by atoms with E-state index in [1.807, 2.05) is 6.07 Å². The Morgan fingerprint density at radius 2 is 2.26 bits per heavy atom. The van der Waals surface area contributed by atoms with E-state index in [9.17, 15) is 9.18 Å². The number of nitrogens with zero attached hydrogens (tertiary/aromatic N) is 2. The van der Waals surface area contributed by atoms with Crippen molar-refractivity contribution in [2.45, 2.75) is 6.92 Å². The van der Waals surface area contributed by atoms with Gasteiger partial charge in [-0.05, 0) is 36.9 Å². The molecule has 0 aliphatic heterocycles. The number of benzene rings is 1. The van der Waals surface area contributed by atoms with Gasteiger partial charge in [0.05, 0.1) is 18.9 Å². The molecule has 0 aliphatic carbocycles. The SMILES string of the molecule is COC(=O)C(C#N)C(=Nc1ccc(F)cc1C)SC. The molecule has 0 bridgehead atoms. The summed E-state index contributed by atoms with van der Waals surface area (Å²) in [6.07, 6.45) is 1.71. The number of hydrogen-bond donors (Lipinski definition) is 0. The highest BCUT2D eigenvalue weighted by Gasteiger charge is 2.24. The molecule has 100 valence electrons. The molecule has 19 heavy (non-hydrogen) atoms. The first-order chi connectivity index (χ1) is 9.03. The van der Waals surface area contributed by atoms with Crippen LogP contribution in [0.4, 0.5) is 10.1 Å². The van der Waals surface area contributed by atoms with Gasteiger partial charge < -0.3 is 4.74 Å². The molecule has 0 saturated carbocycles. The molecule has 1 aromatic rings. The molecule has 0 radical (unpaired) electrons. The van der Waals surface area contributed by atoms with E-state index >= 15 is 0 Å². The topological polar surface area (TPSA) is 62.5 Å². The molecule has 0 aliphatic rings. The van der Waals surface area contributed by atoms with Gasteiger partial charge in [0.25, 0.3) is 0 Å². The van der Waals surface area contributed by atoms with Crippen LogP contribution in [0, 0.1) is 30.0 Å². The molecular weight excluding hydrogens is 267 g/mol. The number of carbonyl (C=O) groups excluding carboxylic acids is 1. The summed E-state index contributed by atoms with van der Waals surface area (Å²) < 4.78 is 17.6. The van der Waals surface area contributed by atoms with E-state index in [1.165, 1.54) is 37.1 Å². The number of ether oxygens (including phenoxy) is 1. The molecule has 1 aromatic carbocycles. The highest BCUT2D eigenvalue weighted by atomic mass is 32.2. The first-order valence-electron chi connectivity index (χ1n) is 5.39. The van der Waals surface area contributed by atoms with Crippen molar-refractivity contribution in [1.29, 1.82) is 5.26 Å². The van der Waals surface area contributed by atoms with E-state index in [1.54, 1.807) is 13.2 Å². The number of aliphatic imine (C=N–C) groups is 1. The van der Waals surface area contributed by atoms with Crippen molar-refractivity contribution in [2.24, 2.45) is 10.9 Å². The Morgan fingerprint density at radius 1 is 1.58 bits per heavy atom. The quantitative estimate of drug-likeness (QED) is 0.485. The zero-order valence-corrected chi connectivity index (χ0v) is 11.6. The van der Waals surface area contributed by atoms with E-state index in [0.717, 1.165) is 0 Å². The molecule has 0 fully saturated rings. The summed E-state index contributed by atoms with van der Waals surface area (Å²) in [6, 6.07) is 5.99. The molecule has 0 heterocycles. The Bertz CT molecular complexity index is 552. The van der Waals surface area contributed by atoms with Gasteiger partial charge in [-0.1, -0.05) is 0 Å². The third-order valence-electron chi connectivity index (χ3n) is 2.41. The van der Waals surface area contributed by atoms with Gasteiger partial charge >= 0.3 is 5.97 Å². The molecule has 1 rings (SSSR count). The number of thioether (sulfide) groups is 1. The number of rotatable bonds is 3. The number of esters is 1. The van der Waals surface area contributed by atoms with Crippen molar-refractivity contribution in [2.75, 3.05) is 13.4 Å². The highest BCUT2D eigenvalue weighted by Crippen LogP contribution is 2.23. The summed E-state index contributed by atoms with van der Waals surface area (Å²) in [6.45, 7) is 1.71. The molecule has 1 unspecified atom stereocenters. The zero-order chi connectivity index (χ0) is 14.4. The molecule has 4 nitrogen and oxygen atoms in total. The summed E-state index contributed by atoms with van der Waals surface area (Å²) in [5, 5.41) is 9.34. The van der Waals surface area contributed by atoms with Crippen molar-refractivity contribution < 1.29 is 13.9 Å². The van der Waals surface area contributed by atoms with Crippen molar-refractivity contribution >= 4 is 28.5 Å². The third kappa shape index (κ3) is 3.80. The molecule has 0 amide bonds. The maximum absolute atomic E-state index is 13.0. The van der Waals surface area contributed by atoms with Crippen LogP contribution < -0.4 is 0 Å². The minimum Gasteiger partial charge on any atom is -0.468 e. The second-order valence-electron chi connectivity index (χ2n) is 3.67. The lowest BCUT2D eigenvalue weighted by Gasteiger charge is -2.09. The fourth-order valence-electron chi connectivity index (χ4n) is 1.42. The Labute approximate surface area is 115 Å². The highest BCUT2D eigenvalue weighted by molar-refractivity contribution is 8.13. The van der Waals surface area contributed by atoms with Gasteiger partial charge in [-0.15, -0.1) is 11.8 Å². The summed E-state index contributed by atoms with van der Waals surface area (Å²) >= 11 is 1.19. The zero-order valence-electron chi connectivity index (χ0n) is 10.8. The summed E-state index contributed by atoms with van der Waals surface area (Å²) in [4.78, 5) is 15.7. The van der Waals surface area contributed by atoms with Crippen molar-refractivity contribution in [3.8, 4) is 6.07 Å². The summed E-state index contributed by atoms with van der Waals surface area (Å²) in [5.74, 6) is -2.08. The lowest BCUT2D eigenvalue weighted by molar-refractivity contribution is -0.141. The van der Waals surface area contributed by atoms with Crippen molar-refractivity contribution in [1.82, 2.24) is 0 Å². The molecule has 1 atom stereocenters. The van der Waals surface area contributed by atoms with Gasteiger partial charge in [0.15, 0.2) is 5.92 Å². The minimum absolute atomic E-state index is 0.323. The number of hydrogen-bond acceptors (Lipinski definition) is 5. The molecular formula is C13H13FN2O2S. The molecule has 0 aromatic heterocycles.